The second-order valence-corrected chi connectivity index (χ2v) is 10.2. The topological polar surface area (TPSA) is 72.8 Å². The zero-order valence-electron chi connectivity index (χ0n) is 19.7. The largest absolute Gasteiger partial charge is 0.383 e. The van der Waals surface area contributed by atoms with Gasteiger partial charge in [-0.2, -0.15) is 0 Å². The van der Waals surface area contributed by atoms with E-state index in [1.165, 1.54) is 11.3 Å². The van der Waals surface area contributed by atoms with Crippen LogP contribution in [0.15, 0.2) is 72.2 Å². The highest BCUT2D eigenvalue weighted by atomic mass is 35.5. The number of nitrogens with one attached hydrogen (secondary N) is 1. The fraction of sp³-hybridized carbons (Fsp3) is 0.333. The van der Waals surface area contributed by atoms with Crippen molar-refractivity contribution in [2.45, 2.75) is 51.0 Å². The summed E-state index contributed by atoms with van der Waals surface area (Å²) >= 11 is 13.3. The van der Waals surface area contributed by atoms with Gasteiger partial charge in [0.25, 0.3) is 5.91 Å². The number of aliphatic hydroxyl groups excluding tert-OH is 2. The number of thiocarbonyl (C=S) groups is 1. The molecule has 3 atom stereocenters. The Morgan fingerprint density at radius 1 is 1.37 bits per heavy atom. The van der Waals surface area contributed by atoms with E-state index in [-0.39, 0.29) is 17.6 Å². The van der Waals surface area contributed by atoms with Gasteiger partial charge in [0, 0.05) is 16.4 Å². The van der Waals surface area contributed by atoms with E-state index < -0.39 is 18.1 Å². The lowest BCUT2D eigenvalue weighted by molar-refractivity contribution is -0.133. The molecule has 1 aliphatic rings. The third-order valence-corrected chi connectivity index (χ3v) is 7.79. The summed E-state index contributed by atoms with van der Waals surface area (Å²) in [5.74, 6) is -0.662. The number of hydrogen-bond donors (Lipinski definition) is 3. The van der Waals surface area contributed by atoms with E-state index in [1.807, 2.05) is 65.8 Å². The Kier molecular flexibility index (Phi) is 10.2. The van der Waals surface area contributed by atoms with Crippen LogP contribution in [0.1, 0.15) is 35.8 Å². The average Bonchev–Trinajstić information content (AvgIpc) is 3.53. The number of hydrogen-bond acceptors (Lipinski definition) is 5. The standard InChI is InChI=1S/C27H31ClN2O3S2/c1-3-5-9-19(4-2)23-12-8-13-30(23)27(34)25(32)24(31)26(33)29-16-21-15-18(17-35-21)14-20-10-6-7-11-22(20)28/h3-7,9-11,15,17,23-25,31-32H,2,8,12-14,16H2,1H3,(H,29,33)/b5-3-,19-9+/t23?,24-,25-/m1/s1. The molecule has 3 rings (SSSR count). The van der Waals surface area contributed by atoms with Crippen LogP contribution in [0, 0.1) is 0 Å². The molecule has 0 spiro atoms. The summed E-state index contributed by atoms with van der Waals surface area (Å²) < 4.78 is 0. The lowest BCUT2D eigenvalue weighted by Crippen LogP contribution is -2.51. The van der Waals surface area contributed by atoms with Crippen molar-refractivity contribution in [3.05, 3.63) is 93.2 Å². The van der Waals surface area contributed by atoms with Crippen molar-refractivity contribution in [1.29, 1.82) is 0 Å². The smallest absolute Gasteiger partial charge is 0.252 e. The maximum Gasteiger partial charge on any atom is 0.252 e. The van der Waals surface area contributed by atoms with Gasteiger partial charge in [-0.3, -0.25) is 4.79 Å². The van der Waals surface area contributed by atoms with E-state index in [2.05, 4.69) is 11.9 Å². The van der Waals surface area contributed by atoms with E-state index in [0.717, 1.165) is 39.4 Å². The predicted octanol–water partition coefficient (Wildman–Crippen LogP) is 4.81. The van der Waals surface area contributed by atoms with Gasteiger partial charge in [0.1, 0.15) is 11.1 Å². The summed E-state index contributed by atoms with van der Waals surface area (Å²) in [7, 11) is 0. The number of carbonyl (C=O) groups is 1. The van der Waals surface area contributed by atoms with Crippen molar-refractivity contribution in [2.75, 3.05) is 6.54 Å². The van der Waals surface area contributed by atoms with Gasteiger partial charge < -0.3 is 20.4 Å². The molecule has 0 bridgehead atoms. The number of nitrogens with zero attached hydrogens (tertiary/aromatic N) is 1. The minimum absolute atomic E-state index is 0.0382. The summed E-state index contributed by atoms with van der Waals surface area (Å²) in [5, 5.41) is 26.7. The fourth-order valence-electron chi connectivity index (χ4n) is 4.10. The van der Waals surface area contributed by atoms with E-state index in [0.29, 0.717) is 13.0 Å². The number of thiophene rings is 1. The zero-order chi connectivity index (χ0) is 25.4. The summed E-state index contributed by atoms with van der Waals surface area (Å²) in [4.78, 5) is 15.6. The quantitative estimate of drug-likeness (QED) is 0.304. The van der Waals surface area contributed by atoms with Gasteiger partial charge >= 0.3 is 0 Å². The number of allylic oxidation sites excluding steroid dienone is 3. The van der Waals surface area contributed by atoms with Gasteiger partial charge in [-0.05, 0) is 60.4 Å². The minimum atomic E-state index is -1.65. The van der Waals surface area contributed by atoms with Crippen molar-refractivity contribution in [2.24, 2.45) is 0 Å². The monoisotopic (exact) mass is 530 g/mol. The lowest BCUT2D eigenvalue weighted by atomic mass is 10.0. The van der Waals surface area contributed by atoms with Crippen molar-refractivity contribution in [3.63, 3.8) is 0 Å². The molecule has 8 heteroatoms. The van der Waals surface area contributed by atoms with Crippen LogP contribution in [0.25, 0.3) is 0 Å². The molecule has 0 aliphatic carbocycles. The van der Waals surface area contributed by atoms with Crippen LogP contribution in [0.2, 0.25) is 5.02 Å². The van der Waals surface area contributed by atoms with E-state index in [9.17, 15) is 15.0 Å². The molecule has 35 heavy (non-hydrogen) atoms. The number of amides is 1. The van der Waals surface area contributed by atoms with Gasteiger partial charge in [-0.1, -0.05) is 72.9 Å². The molecular formula is C27H31ClN2O3S2. The first-order valence-electron chi connectivity index (χ1n) is 11.5. The van der Waals surface area contributed by atoms with E-state index in [4.69, 9.17) is 23.8 Å². The summed E-state index contributed by atoms with van der Waals surface area (Å²) in [5.41, 5.74) is 3.12. The Hall–Kier alpha value is -2.29. The molecule has 0 radical (unpaired) electrons. The molecular weight excluding hydrogens is 500 g/mol. The first-order chi connectivity index (χ1) is 16.8. The molecule has 1 amide bonds. The SMILES string of the molecule is C=C/C(=C\C=C/C)C1CCCN1C(=S)[C@H](O)[C@@H](O)C(=O)NCc1cc(Cc2ccccc2Cl)cs1. The molecule has 1 fully saturated rings. The number of rotatable bonds is 10. The highest BCUT2D eigenvalue weighted by Gasteiger charge is 2.35. The Labute approximate surface area is 221 Å². The van der Waals surface area contributed by atoms with Crippen LogP contribution in [-0.4, -0.2) is 50.8 Å². The Bertz CT molecular complexity index is 1110. The molecule has 1 aliphatic heterocycles. The normalized spacial score (nSPS) is 18.0. The highest BCUT2D eigenvalue weighted by Crippen LogP contribution is 2.27. The third-order valence-electron chi connectivity index (χ3n) is 5.96. The molecule has 5 nitrogen and oxygen atoms in total. The lowest BCUT2D eigenvalue weighted by Gasteiger charge is -2.31. The van der Waals surface area contributed by atoms with Crippen molar-refractivity contribution in [3.8, 4) is 0 Å². The van der Waals surface area contributed by atoms with Crippen molar-refractivity contribution in [1.82, 2.24) is 10.2 Å². The van der Waals surface area contributed by atoms with Gasteiger partial charge in [0.2, 0.25) is 0 Å². The maximum atomic E-state index is 12.6. The maximum absolute atomic E-state index is 12.6. The number of aliphatic hydroxyl groups is 2. The van der Waals surface area contributed by atoms with Crippen LogP contribution in [-0.2, 0) is 17.8 Å². The van der Waals surface area contributed by atoms with Gasteiger partial charge in [0.15, 0.2) is 6.10 Å². The average molecular weight is 531 g/mol. The van der Waals surface area contributed by atoms with Crippen LogP contribution in [0.4, 0.5) is 0 Å². The van der Waals surface area contributed by atoms with Crippen LogP contribution in [0.3, 0.4) is 0 Å². The second-order valence-electron chi connectivity index (χ2n) is 8.38. The van der Waals surface area contributed by atoms with Gasteiger partial charge in [-0.25, -0.2) is 0 Å². The van der Waals surface area contributed by atoms with Crippen LogP contribution >= 0.6 is 35.2 Å². The number of carbonyl (C=O) groups excluding carboxylic acids is 1. The van der Waals surface area contributed by atoms with Crippen LogP contribution in [0.5, 0.6) is 0 Å². The zero-order valence-corrected chi connectivity index (χ0v) is 22.1. The molecule has 1 saturated heterocycles. The van der Waals surface area contributed by atoms with E-state index >= 15 is 0 Å². The first kappa shape index (κ1) is 27.3. The molecule has 2 heterocycles. The van der Waals surface area contributed by atoms with Crippen LogP contribution < -0.4 is 5.32 Å². The van der Waals surface area contributed by atoms with Crippen molar-refractivity contribution >= 4 is 46.1 Å². The number of likely N-dealkylation sites (tertiary alicyclic amines) is 1. The highest BCUT2D eigenvalue weighted by molar-refractivity contribution is 7.80. The minimum Gasteiger partial charge on any atom is -0.383 e. The Morgan fingerprint density at radius 2 is 2.14 bits per heavy atom. The summed E-state index contributed by atoms with van der Waals surface area (Å²) in [6, 6.07) is 9.67. The fourth-order valence-corrected chi connectivity index (χ4v) is 5.48. The Morgan fingerprint density at radius 3 is 2.86 bits per heavy atom. The molecule has 1 aromatic carbocycles. The first-order valence-corrected chi connectivity index (χ1v) is 13.2. The molecule has 0 saturated carbocycles. The predicted molar refractivity (Wildman–Crippen MR) is 148 cm³/mol. The van der Waals surface area contributed by atoms with Crippen molar-refractivity contribution < 1.29 is 15.0 Å². The van der Waals surface area contributed by atoms with Gasteiger partial charge in [0.05, 0.1) is 12.6 Å². The summed E-state index contributed by atoms with van der Waals surface area (Å²) in [6.07, 6.45) is 6.94. The molecule has 186 valence electrons. The van der Waals surface area contributed by atoms with E-state index in [1.54, 1.807) is 6.08 Å². The number of halogens is 1. The van der Waals surface area contributed by atoms with Gasteiger partial charge in [-0.15, -0.1) is 11.3 Å². The molecule has 2 aromatic rings. The Balaban J connectivity index is 1.56. The number of benzene rings is 1. The molecule has 1 aromatic heterocycles. The summed E-state index contributed by atoms with van der Waals surface area (Å²) in [6.45, 7) is 6.73. The third kappa shape index (κ3) is 7.12. The molecule has 1 unspecified atom stereocenters. The second kappa shape index (κ2) is 13.1. The molecule has 3 N–H and O–H groups in total.